The van der Waals surface area contributed by atoms with E-state index in [9.17, 15) is 14.7 Å². The molecule has 3 saturated carbocycles. The number of Topliss-reactive ketones (excluding diaryl/α,β-unsaturated/α-hetero) is 1. The van der Waals surface area contributed by atoms with Crippen LogP contribution in [0.5, 0.6) is 0 Å². The number of rotatable bonds is 4. The maximum absolute atomic E-state index is 13.2. The van der Waals surface area contributed by atoms with Gasteiger partial charge in [0.15, 0.2) is 23.5 Å². The van der Waals surface area contributed by atoms with Crippen molar-refractivity contribution in [3.05, 3.63) is 23.8 Å². The molecule has 1 saturated heterocycles. The van der Waals surface area contributed by atoms with Gasteiger partial charge in [0.2, 0.25) is 0 Å². The Morgan fingerprint density at radius 1 is 1.27 bits per heavy atom. The van der Waals surface area contributed by atoms with Crippen LogP contribution in [0.15, 0.2) is 23.8 Å². The van der Waals surface area contributed by atoms with Crippen LogP contribution < -0.4 is 0 Å². The van der Waals surface area contributed by atoms with Crippen LogP contribution in [0.1, 0.15) is 65.7 Å². The number of hydrogen-bond donors (Lipinski definition) is 1. The number of fused-ring (bicyclic) bond motifs is 7. The lowest BCUT2D eigenvalue weighted by molar-refractivity contribution is -0.185. The molecule has 0 amide bonds. The SMILES string of the molecule is CCCC1OC2CC3C4CCC5=CC(=O)C=CC5(C)C4CCC3(C)C2(C(=O)CO)O1. The van der Waals surface area contributed by atoms with E-state index in [4.69, 9.17) is 9.47 Å². The largest absolute Gasteiger partial charge is 0.388 e. The van der Waals surface area contributed by atoms with E-state index in [-0.39, 0.29) is 34.8 Å². The van der Waals surface area contributed by atoms with E-state index in [2.05, 4.69) is 26.8 Å². The number of carbonyl (C=O) groups is 2. The Morgan fingerprint density at radius 3 is 2.80 bits per heavy atom. The minimum absolute atomic E-state index is 0.0729. The first-order valence-corrected chi connectivity index (χ1v) is 11.7. The fourth-order valence-corrected chi connectivity index (χ4v) is 8.00. The van der Waals surface area contributed by atoms with Gasteiger partial charge in [0, 0.05) is 10.8 Å². The number of aliphatic hydroxyl groups excluding tert-OH is 1. The van der Waals surface area contributed by atoms with Gasteiger partial charge in [0.25, 0.3) is 0 Å². The summed E-state index contributed by atoms with van der Waals surface area (Å²) in [4.78, 5) is 25.2. The molecule has 0 aromatic heterocycles. The van der Waals surface area contributed by atoms with E-state index < -0.39 is 12.2 Å². The third-order valence-electron chi connectivity index (χ3n) is 9.43. The third-order valence-corrected chi connectivity index (χ3v) is 9.43. The van der Waals surface area contributed by atoms with E-state index in [1.165, 1.54) is 5.57 Å². The zero-order chi connectivity index (χ0) is 21.3. The quantitative estimate of drug-likeness (QED) is 0.759. The van der Waals surface area contributed by atoms with E-state index >= 15 is 0 Å². The molecule has 4 aliphatic carbocycles. The van der Waals surface area contributed by atoms with Crippen molar-refractivity contribution in [1.29, 1.82) is 0 Å². The zero-order valence-electron chi connectivity index (χ0n) is 18.4. The van der Waals surface area contributed by atoms with Crippen LogP contribution in [0.3, 0.4) is 0 Å². The molecule has 30 heavy (non-hydrogen) atoms. The van der Waals surface area contributed by atoms with Gasteiger partial charge in [0.1, 0.15) is 6.61 Å². The predicted octanol–water partition coefficient (Wildman–Crippen LogP) is 3.75. The topological polar surface area (TPSA) is 72.8 Å². The van der Waals surface area contributed by atoms with Crippen LogP contribution in [-0.4, -0.2) is 41.3 Å². The normalized spacial score (nSPS) is 49.1. The van der Waals surface area contributed by atoms with Gasteiger partial charge in [-0.3, -0.25) is 9.59 Å². The number of ketones is 2. The summed E-state index contributed by atoms with van der Waals surface area (Å²) >= 11 is 0. The van der Waals surface area contributed by atoms with Gasteiger partial charge in [0.05, 0.1) is 6.10 Å². The van der Waals surface area contributed by atoms with Crippen molar-refractivity contribution in [2.45, 2.75) is 83.7 Å². The molecule has 0 aromatic rings. The lowest BCUT2D eigenvalue weighted by atomic mass is 9.47. The van der Waals surface area contributed by atoms with Crippen LogP contribution in [0.25, 0.3) is 0 Å². The highest BCUT2D eigenvalue weighted by molar-refractivity contribution is 6.01. The number of aliphatic hydroxyl groups is 1. The van der Waals surface area contributed by atoms with Crippen molar-refractivity contribution >= 4 is 11.6 Å². The molecule has 1 heterocycles. The number of carbonyl (C=O) groups excluding carboxylic acids is 2. The first-order valence-electron chi connectivity index (χ1n) is 11.7. The maximum atomic E-state index is 13.2. The highest BCUT2D eigenvalue weighted by Gasteiger charge is 2.74. The smallest absolute Gasteiger partial charge is 0.193 e. The number of hydrogen-bond acceptors (Lipinski definition) is 5. The van der Waals surface area contributed by atoms with Crippen molar-refractivity contribution in [3.63, 3.8) is 0 Å². The molecular formula is C25H34O5. The Bertz CT molecular complexity index is 829. The number of ether oxygens (including phenoxy) is 2. The molecule has 0 aromatic carbocycles. The fraction of sp³-hybridized carbons (Fsp3) is 0.760. The van der Waals surface area contributed by atoms with Gasteiger partial charge in [-0.2, -0.15) is 0 Å². The second-order valence-corrected chi connectivity index (χ2v) is 10.6. The zero-order valence-corrected chi connectivity index (χ0v) is 18.4. The summed E-state index contributed by atoms with van der Waals surface area (Å²) in [5, 5.41) is 9.88. The van der Waals surface area contributed by atoms with E-state index in [1.54, 1.807) is 6.08 Å². The third kappa shape index (κ3) is 2.46. The van der Waals surface area contributed by atoms with Crippen molar-refractivity contribution in [1.82, 2.24) is 0 Å². The molecule has 1 N–H and O–H groups in total. The molecule has 5 heteroatoms. The molecular weight excluding hydrogens is 380 g/mol. The molecule has 0 bridgehead atoms. The van der Waals surface area contributed by atoms with Crippen molar-refractivity contribution in [3.8, 4) is 0 Å². The van der Waals surface area contributed by atoms with Crippen molar-refractivity contribution < 1.29 is 24.2 Å². The summed E-state index contributed by atoms with van der Waals surface area (Å²) in [5.41, 5.74) is -0.148. The van der Waals surface area contributed by atoms with Gasteiger partial charge in [-0.25, -0.2) is 0 Å². The van der Waals surface area contributed by atoms with E-state index in [0.717, 1.165) is 44.9 Å². The molecule has 0 spiro atoms. The van der Waals surface area contributed by atoms with Gasteiger partial charge in [-0.1, -0.05) is 38.8 Å². The Balaban J connectivity index is 1.51. The first kappa shape index (κ1) is 20.6. The molecule has 5 rings (SSSR count). The number of allylic oxidation sites excluding steroid dienone is 4. The average molecular weight is 415 g/mol. The Morgan fingerprint density at radius 2 is 2.07 bits per heavy atom. The lowest BCUT2D eigenvalue weighted by Crippen LogP contribution is -2.60. The van der Waals surface area contributed by atoms with Crippen molar-refractivity contribution in [2.24, 2.45) is 28.6 Å². The van der Waals surface area contributed by atoms with Crippen LogP contribution >= 0.6 is 0 Å². The molecule has 8 atom stereocenters. The monoisotopic (exact) mass is 414 g/mol. The van der Waals surface area contributed by atoms with Gasteiger partial charge in [-0.15, -0.1) is 0 Å². The van der Waals surface area contributed by atoms with Crippen molar-refractivity contribution in [2.75, 3.05) is 6.61 Å². The minimum atomic E-state index is -1.02. The van der Waals surface area contributed by atoms with Gasteiger partial charge >= 0.3 is 0 Å². The highest BCUT2D eigenvalue weighted by atomic mass is 16.7. The molecule has 4 fully saturated rings. The summed E-state index contributed by atoms with van der Waals surface area (Å²) in [6, 6.07) is 0. The molecule has 5 aliphatic rings. The molecule has 0 radical (unpaired) electrons. The molecule has 5 nitrogen and oxygen atoms in total. The standard InChI is InChI=1S/C25H34O5/c1-4-5-22-29-21-13-19-17-7-6-15-12-16(27)8-10-23(15,2)18(17)9-11-24(19,3)25(21,30-22)20(28)14-26/h8,10,12,17-19,21-22,26H,4-7,9,11,13-14H2,1-3H3. The van der Waals surface area contributed by atoms with Crippen LogP contribution in [-0.2, 0) is 19.1 Å². The minimum Gasteiger partial charge on any atom is -0.388 e. The van der Waals surface area contributed by atoms with Gasteiger partial charge in [-0.05, 0) is 68.4 Å². The Hall–Kier alpha value is -1.30. The summed E-state index contributed by atoms with van der Waals surface area (Å²) in [6.07, 6.45) is 11.5. The van der Waals surface area contributed by atoms with E-state index in [1.807, 2.05) is 6.08 Å². The second-order valence-electron chi connectivity index (χ2n) is 10.6. The fourth-order valence-electron chi connectivity index (χ4n) is 8.00. The first-order chi connectivity index (χ1) is 14.3. The highest BCUT2D eigenvalue weighted by Crippen LogP contribution is 2.69. The Kier molecular flexibility index (Phi) is 4.70. The van der Waals surface area contributed by atoms with Crippen LogP contribution in [0.4, 0.5) is 0 Å². The second kappa shape index (κ2) is 6.85. The van der Waals surface area contributed by atoms with E-state index in [0.29, 0.717) is 17.8 Å². The molecule has 164 valence electrons. The summed E-state index contributed by atoms with van der Waals surface area (Å²) in [7, 11) is 0. The Labute approximate surface area is 178 Å². The van der Waals surface area contributed by atoms with Crippen LogP contribution in [0.2, 0.25) is 0 Å². The van der Waals surface area contributed by atoms with Crippen LogP contribution in [0, 0.1) is 28.6 Å². The maximum Gasteiger partial charge on any atom is 0.193 e. The average Bonchev–Trinajstić information content (AvgIpc) is 3.20. The summed E-state index contributed by atoms with van der Waals surface area (Å²) < 4.78 is 12.8. The lowest BCUT2D eigenvalue weighted by Gasteiger charge is -2.58. The predicted molar refractivity (Wildman–Crippen MR) is 111 cm³/mol. The summed E-state index contributed by atoms with van der Waals surface area (Å²) in [6.45, 7) is 6.10. The molecule has 1 aliphatic heterocycles. The summed E-state index contributed by atoms with van der Waals surface area (Å²) in [5.74, 6) is 1.15. The van der Waals surface area contributed by atoms with Gasteiger partial charge < -0.3 is 14.6 Å². The molecule has 8 unspecified atom stereocenters.